The summed E-state index contributed by atoms with van der Waals surface area (Å²) in [5.74, 6) is 0.856. The van der Waals surface area contributed by atoms with Gasteiger partial charge in [0.2, 0.25) is 0 Å². The van der Waals surface area contributed by atoms with E-state index < -0.39 is 0 Å². The third-order valence-electron chi connectivity index (χ3n) is 4.24. The largest absolute Gasteiger partial charge is 0.198 e. The third kappa shape index (κ3) is 9.05. The van der Waals surface area contributed by atoms with Gasteiger partial charge in [0.1, 0.15) is 0 Å². The summed E-state index contributed by atoms with van der Waals surface area (Å²) in [6.45, 7) is 0. The molecular weight excluding hydrogens is 779 g/mol. The Morgan fingerprint density at radius 1 is 0.474 bits per heavy atom. The lowest BCUT2D eigenvalue weighted by Crippen LogP contribution is -1.78. The van der Waals surface area contributed by atoms with Crippen LogP contribution in [0.2, 0.25) is 0 Å². The molecule has 0 saturated heterocycles. The van der Waals surface area contributed by atoms with Crippen molar-refractivity contribution in [1.29, 1.82) is 5.26 Å². The van der Waals surface area contributed by atoms with E-state index in [1.165, 1.54) is 50.8 Å². The fraction of sp³-hybridized carbons (Fsp3) is 0.381. The highest BCUT2D eigenvalue weighted by Gasteiger charge is 2.32. The Bertz CT molecular complexity index is 1130. The lowest BCUT2D eigenvalue weighted by molar-refractivity contribution is 1.24. The predicted octanol–water partition coefficient (Wildman–Crippen LogP) is 13.6. The SMILES string of the molecule is CSC1=C(SC)SC(=C2SC(SC)=C(SCSC3=C(SCCC#N)SC(=C4SC(SC)=C(SC)S4)S3)S2)S1. The molecule has 0 fully saturated rings. The van der Waals surface area contributed by atoms with E-state index in [2.05, 4.69) is 37.3 Å². The van der Waals surface area contributed by atoms with Crippen LogP contribution in [-0.4, -0.2) is 42.1 Å². The lowest BCUT2D eigenvalue weighted by atomic mass is 10.6. The highest BCUT2D eigenvalue weighted by Crippen LogP contribution is 2.68. The van der Waals surface area contributed by atoms with Gasteiger partial charge in [0.25, 0.3) is 0 Å². The van der Waals surface area contributed by atoms with Gasteiger partial charge in [-0.15, -0.1) is 94.1 Å². The Balaban J connectivity index is 1.39. The minimum absolute atomic E-state index is 0.590. The average molecular weight is 800 g/mol. The summed E-state index contributed by atoms with van der Waals surface area (Å²) in [6, 6.07) is 2.30. The molecule has 4 aliphatic rings. The van der Waals surface area contributed by atoms with Crippen LogP contribution in [-0.2, 0) is 0 Å². The average Bonchev–Trinajstić information content (AvgIpc) is 3.72. The zero-order valence-electron chi connectivity index (χ0n) is 20.6. The summed E-state index contributed by atoms with van der Waals surface area (Å²) in [4.78, 5) is 0. The van der Waals surface area contributed by atoms with Gasteiger partial charge in [-0.25, -0.2) is 0 Å². The maximum absolute atomic E-state index is 9.06. The van der Waals surface area contributed by atoms with E-state index >= 15 is 0 Å². The van der Waals surface area contributed by atoms with E-state index in [4.69, 9.17) is 5.26 Å². The molecule has 4 rings (SSSR count). The van der Waals surface area contributed by atoms with Crippen LogP contribution in [0.1, 0.15) is 6.42 Å². The first-order valence-electron chi connectivity index (χ1n) is 10.4. The molecule has 206 valence electrons. The summed E-state index contributed by atoms with van der Waals surface area (Å²) in [5, 5.41) is 10.1. The van der Waals surface area contributed by atoms with Gasteiger partial charge in [-0.2, -0.15) is 5.26 Å². The molecule has 0 N–H and O–H groups in total. The Morgan fingerprint density at radius 2 is 0.763 bits per heavy atom. The fourth-order valence-electron chi connectivity index (χ4n) is 2.64. The van der Waals surface area contributed by atoms with Crippen molar-refractivity contribution in [2.75, 3.05) is 42.1 Å². The van der Waals surface area contributed by atoms with Gasteiger partial charge in [-0.05, 0) is 31.3 Å². The Labute approximate surface area is 294 Å². The van der Waals surface area contributed by atoms with Crippen molar-refractivity contribution in [3.8, 4) is 6.07 Å². The van der Waals surface area contributed by atoms with Gasteiger partial charge >= 0.3 is 0 Å². The molecule has 0 unspecified atom stereocenters. The third-order valence-corrected chi connectivity index (χ3v) is 26.8. The molecule has 38 heavy (non-hydrogen) atoms. The molecule has 0 saturated carbocycles. The zero-order chi connectivity index (χ0) is 27.1. The molecule has 0 amide bonds. The van der Waals surface area contributed by atoms with Gasteiger partial charge in [0, 0.05) is 17.3 Å². The molecular formula is C21H21NS16. The molecule has 4 aliphatic heterocycles. The van der Waals surface area contributed by atoms with E-state index in [1.54, 1.807) is 0 Å². The quantitative estimate of drug-likeness (QED) is 0.138. The van der Waals surface area contributed by atoms with Crippen molar-refractivity contribution in [3.63, 3.8) is 0 Å². The first-order valence-corrected chi connectivity index (χ1v) is 26.0. The molecule has 17 heteroatoms. The van der Waals surface area contributed by atoms with Crippen LogP contribution in [0.25, 0.3) is 0 Å². The predicted molar refractivity (Wildman–Crippen MR) is 213 cm³/mol. The van der Waals surface area contributed by atoms with Gasteiger partial charge in [-0.1, -0.05) is 94.1 Å². The monoisotopic (exact) mass is 799 g/mol. The topological polar surface area (TPSA) is 23.8 Å². The molecule has 0 aromatic carbocycles. The van der Waals surface area contributed by atoms with Crippen molar-refractivity contribution < 1.29 is 0 Å². The van der Waals surface area contributed by atoms with Crippen LogP contribution in [0, 0.1) is 11.3 Å². The second-order valence-corrected chi connectivity index (χ2v) is 25.2. The van der Waals surface area contributed by atoms with Gasteiger partial charge in [0.15, 0.2) is 0 Å². The highest BCUT2D eigenvalue weighted by atomic mass is 32.3. The summed E-state index contributed by atoms with van der Waals surface area (Å²) < 4.78 is 17.1. The molecule has 0 spiro atoms. The molecule has 0 aliphatic carbocycles. The van der Waals surface area contributed by atoms with Crippen LogP contribution in [0.15, 0.2) is 50.8 Å². The van der Waals surface area contributed by atoms with Crippen molar-refractivity contribution in [2.45, 2.75) is 6.42 Å². The second-order valence-electron chi connectivity index (χ2n) is 6.45. The van der Waals surface area contributed by atoms with E-state index in [0.29, 0.717) is 6.42 Å². The second kappa shape index (κ2) is 17.9. The van der Waals surface area contributed by atoms with Crippen molar-refractivity contribution in [3.05, 3.63) is 50.8 Å². The zero-order valence-corrected chi connectivity index (χ0v) is 33.7. The molecule has 0 bridgehead atoms. The highest BCUT2D eigenvalue weighted by molar-refractivity contribution is 8.47. The minimum Gasteiger partial charge on any atom is -0.198 e. The molecule has 0 radical (unpaired) electrons. The number of thioether (sulfide) groups is 16. The molecule has 1 nitrogen and oxygen atoms in total. The van der Waals surface area contributed by atoms with Crippen LogP contribution in [0.3, 0.4) is 0 Å². The fourth-order valence-corrected chi connectivity index (χ4v) is 25.0. The molecule has 0 atom stereocenters. The van der Waals surface area contributed by atoms with E-state index in [0.717, 1.165) is 10.8 Å². The first kappa shape index (κ1) is 34.4. The van der Waals surface area contributed by atoms with E-state index in [-0.39, 0.29) is 0 Å². The van der Waals surface area contributed by atoms with Gasteiger partial charge in [0.05, 0.1) is 56.9 Å². The van der Waals surface area contributed by atoms with Crippen LogP contribution in [0.4, 0.5) is 0 Å². The maximum Gasteiger partial charge on any atom is 0.0717 e. The summed E-state index contributed by atoms with van der Waals surface area (Å²) >= 11 is 30.6. The number of nitrogens with zero attached hydrogens (tertiary/aromatic N) is 1. The van der Waals surface area contributed by atoms with Crippen LogP contribution >= 0.6 is 188 Å². The smallest absolute Gasteiger partial charge is 0.0717 e. The van der Waals surface area contributed by atoms with Crippen molar-refractivity contribution in [1.82, 2.24) is 0 Å². The number of rotatable bonds is 12. The van der Waals surface area contributed by atoms with Crippen LogP contribution < -0.4 is 0 Å². The van der Waals surface area contributed by atoms with Crippen molar-refractivity contribution >= 4 is 188 Å². The standard InChI is InChI=1S/C21H21NS16/c1-23-10-11(24-2)32-18(31-10)20-35-14(27-5)15(36-20)29-9-30-17-16(28-8-6-7-22)37-21(38-17)19-33-12(25-3)13(26-4)34-19/h6,8-9H2,1-5H3. The Hall–Kier alpha value is 3.53. The lowest BCUT2D eigenvalue weighted by Gasteiger charge is -2.06. The number of hydrogen-bond donors (Lipinski definition) is 0. The normalized spacial score (nSPS) is 20.4. The maximum atomic E-state index is 9.06. The molecule has 0 aromatic rings. The molecule has 4 heterocycles. The summed E-state index contributed by atoms with van der Waals surface area (Å²) in [7, 11) is 0. The van der Waals surface area contributed by atoms with Crippen molar-refractivity contribution in [2.24, 2.45) is 0 Å². The Kier molecular flexibility index (Phi) is 16.2. The Morgan fingerprint density at radius 3 is 1.11 bits per heavy atom. The van der Waals surface area contributed by atoms with Gasteiger partial charge < -0.3 is 0 Å². The number of nitriles is 1. The summed E-state index contributed by atoms with van der Waals surface area (Å²) in [5.41, 5.74) is 0. The molecule has 0 aromatic heterocycles. The summed E-state index contributed by atoms with van der Waals surface area (Å²) in [6.07, 6.45) is 11.5. The number of hydrogen-bond acceptors (Lipinski definition) is 17. The van der Waals surface area contributed by atoms with Gasteiger partial charge in [-0.3, -0.25) is 0 Å². The van der Waals surface area contributed by atoms with Crippen LogP contribution in [0.5, 0.6) is 0 Å². The van der Waals surface area contributed by atoms with E-state index in [9.17, 15) is 0 Å². The first-order chi connectivity index (χ1) is 18.5. The van der Waals surface area contributed by atoms with E-state index in [1.807, 2.05) is 188 Å². The minimum atomic E-state index is 0.590.